The molecule has 5 nitrogen and oxygen atoms in total. The van der Waals surface area contributed by atoms with Crippen molar-refractivity contribution in [3.8, 4) is 0 Å². The van der Waals surface area contributed by atoms with Crippen LogP contribution in [0.2, 0.25) is 0 Å². The maximum atomic E-state index is 13.4. The SMILES string of the molecule is CCCCC1CN(C(=O)c2cccc3ccccc23)CCN1C(C)c1cnc[nH]1. The molecule has 0 saturated carbocycles. The number of aromatic amines is 1. The van der Waals surface area contributed by atoms with Gasteiger partial charge in [-0.2, -0.15) is 0 Å². The van der Waals surface area contributed by atoms with Crippen molar-refractivity contribution in [2.24, 2.45) is 0 Å². The number of unbranched alkanes of at least 4 members (excludes halogenated alkanes) is 1. The Morgan fingerprint density at radius 2 is 2.03 bits per heavy atom. The van der Waals surface area contributed by atoms with Crippen LogP contribution in [0.3, 0.4) is 0 Å². The monoisotopic (exact) mass is 390 g/mol. The number of hydrogen-bond acceptors (Lipinski definition) is 3. The van der Waals surface area contributed by atoms with Gasteiger partial charge in [0.2, 0.25) is 0 Å². The second-order valence-corrected chi connectivity index (χ2v) is 7.99. The minimum atomic E-state index is 0.150. The number of fused-ring (bicyclic) bond motifs is 1. The van der Waals surface area contributed by atoms with Crippen LogP contribution in [0.25, 0.3) is 10.8 Å². The number of carbonyl (C=O) groups excluding carboxylic acids is 1. The standard InChI is InChI=1S/C24H30N4O/c1-3-4-10-20-16-27(13-14-28(20)18(2)23-15-25-17-26-23)24(29)22-12-7-9-19-8-5-6-11-21(19)22/h5-9,11-12,15,17-18,20H,3-4,10,13-14,16H2,1-2H3,(H,25,26). The maximum Gasteiger partial charge on any atom is 0.254 e. The number of aromatic nitrogens is 2. The van der Waals surface area contributed by atoms with E-state index in [0.717, 1.165) is 48.1 Å². The lowest BCUT2D eigenvalue weighted by molar-refractivity contribution is 0.0313. The van der Waals surface area contributed by atoms with Crippen LogP contribution < -0.4 is 0 Å². The topological polar surface area (TPSA) is 52.2 Å². The third kappa shape index (κ3) is 4.06. The first kappa shape index (κ1) is 19.6. The number of imidazole rings is 1. The molecule has 1 saturated heterocycles. The summed E-state index contributed by atoms with van der Waals surface area (Å²) < 4.78 is 0. The van der Waals surface area contributed by atoms with Crippen LogP contribution in [-0.4, -0.2) is 51.4 Å². The van der Waals surface area contributed by atoms with E-state index in [0.29, 0.717) is 6.04 Å². The number of benzene rings is 2. The summed E-state index contributed by atoms with van der Waals surface area (Å²) in [5.74, 6) is 0.150. The number of rotatable bonds is 6. The van der Waals surface area contributed by atoms with E-state index < -0.39 is 0 Å². The molecule has 0 spiro atoms. The second kappa shape index (κ2) is 8.78. The van der Waals surface area contributed by atoms with E-state index in [9.17, 15) is 4.79 Å². The number of amides is 1. The van der Waals surface area contributed by atoms with Gasteiger partial charge in [0, 0.05) is 43.5 Å². The van der Waals surface area contributed by atoms with Gasteiger partial charge in [0.15, 0.2) is 0 Å². The second-order valence-electron chi connectivity index (χ2n) is 7.99. The quantitative estimate of drug-likeness (QED) is 0.667. The zero-order chi connectivity index (χ0) is 20.2. The highest BCUT2D eigenvalue weighted by Gasteiger charge is 2.33. The first-order valence-electron chi connectivity index (χ1n) is 10.7. The van der Waals surface area contributed by atoms with Gasteiger partial charge in [-0.1, -0.05) is 56.2 Å². The van der Waals surface area contributed by atoms with Gasteiger partial charge >= 0.3 is 0 Å². The lowest BCUT2D eigenvalue weighted by Crippen LogP contribution is -2.55. The minimum Gasteiger partial charge on any atom is -0.347 e. The minimum absolute atomic E-state index is 0.150. The van der Waals surface area contributed by atoms with Crippen molar-refractivity contribution in [1.82, 2.24) is 19.8 Å². The van der Waals surface area contributed by atoms with Gasteiger partial charge < -0.3 is 9.88 Å². The molecule has 152 valence electrons. The Hall–Kier alpha value is -2.66. The van der Waals surface area contributed by atoms with E-state index in [4.69, 9.17) is 0 Å². The van der Waals surface area contributed by atoms with Crippen LogP contribution >= 0.6 is 0 Å². The normalized spacial score (nSPS) is 18.8. The molecule has 5 heteroatoms. The average molecular weight is 391 g/mol. The number of H-pyrrole nitrogens is 1. The lowest BCUT2D eigenvalue weighted by Gasteiger charge is -2.44. The van der Waals surface area contributed by atoms with E-state index in [1.807, 2.05) is 36.5 Å². The predicted molar refractivity (Wildman–Crippen MR) is 117 cm³/mol. The molecule has 2 aromatic carbocycles. The van der Waals surface area contributed by atoms with Gasteiger partial charge in [-0.3, -0.25) is 9.69 Å². The molecular formula is C24H30N4O. The maximum absolute atomic E-state index is 13.4. The van der Waals surface area contributed by atoms with Crippen LogP contribution in [0.1, 0.15) is 55.2 Å². The van der Waals surface area contributed by atoms with E-state index in [1.165, 1.54) is 12.8 Å². The summed E-state index contributed by atoms with van der Waals surface area (Å²) in [5, 5.41) is 2.16. The third-order valence-corrected chi connectivity index (χ3v) is 6.19. The molecule has 4 rings (SSSR count). The summed E-state index contributed by atoms with van der Waals surface area (Å²) >= 11 is 0. The lowest BCUT2D eigenvalue weighted by atomic mass is 9.99. The Balaban J connectivity index is 1.56. The van der Waals surface area contributed by atoms with Crippen LogP contribution in [-0.2, 0) is 0 Å². The highest BCUT2D eigenvalue weighted by molar-refractivity contribution is 6.07. The Kier molecular flexibility index (Phi) is 5.95. The van der Waals surface area contributed by atoms with Crippen LogP contribution in [0.15, 0.2) is 55.0 Å². The molecule has 0 aliphatic carbocycles. The fourth-order valence-electron chi connectivity index (χ4n) is 4.52. The number of nitrogens with one attached hydrogen (secondary N) is 1. The average Bonchev–Trinajstić information content (AvgIpc) is 3.31. The third-order valence-electron chi connectivity index (χ3n) is 6.19. The van der Waals surface area contributed by atoms with Crippen molar-refractivity contribution in [3.05, 3.63) is 66.2 Å². The number of nitrogens with zero attached hydrogens (tertiary/aromatic N) is 3. The molecule has 0 radical (unpaired) electrons. The Morgan fingerprint density at radius 1 is 1.21 bits per heavy atom. The predicted octanol–water partition coefficient (Wildman–Crippen LogP) is 4.64. The van der Waals surface area contributed by atoms with Crippen molar-refractivity contribution >= 4 is 16.7 Å². The van der Waals surface area contributed by atoms with Crippen LogP contribution in [0.4, 0.5) is 0 Å². The highest BCUT2D eigenvalue weighted by Crippen LogP contribution is 2.28. The zero-order valence-corrected chi connectivity index (χ0v) is 17.3. The molecule has 0 bridgehead atoms. The molecule has 29 heavy (non-hydrogen) atoms. The van der Waals surface area contributed by atoms with Crippen molar-refractivity contribution < 1.29 is 4.79 Å². The molecule has 2 unspecified atom stereocenters. The largest absolute Gasteiger partial charge is 0.347 e. The van der Waals surface area contributed by atoms with E-state index in [1.54, 1.807) is 6.33 Å². The molecule has 1 fully saturated rings. The van der Waals surface area contributed by atoms with Gasteiger partial charge in [-0.15, -0.1) is 0 Å². The van der Waals surface area contributed by atoms with Gasteiger partial charge in [0.1, 0.15) is 0 Å². The van der Waals surface area contributed by atoms with E-state index in [-0.39, 0.29) is 11.9 Å². The number of hydrogen-bond donors (Lipinski definition) is 1. The fraction of sp³-hybridized carbons (Fsp3) is 0.417. The molecule has 1 amide bonds. The van der Waals surface area contributed by atoms with Crippen LogP contribution in [0, 0.1) is 0 Å². The Bertz CT molecular complexity index is 947. The van der Waals surface area contributed by atoms with Crippen LogP contribution in [0.5, 0.6) is 0 Å². The van der Waals surface area contributed by atoms with Gasteiger partial charge in [0.05, 0.1) is 12.0 Å². The van der Waals surface area contributed by atoms with Gasteiger partial charge in [-0.05, 0) is 30.2 Å². The van der Waals surface area contributed by atoms with Gasteiger partial charge in [-0.25, -0.2) is 4.98 Å². The van der Waals surface area contributed by atoms with E-state index in [2.05, 4.69) is 45.7 Å². The molecule has 2 heterocycles. The molecular weight excluding hydrogens is 360 g/mol. The highest BCUT2D eigenvalue weighted by atomic mass is 16.2. The summed E-state index contributed by atoms with van der Waals surface area (Å²) in [7, 11) is 0. The first-order chi connectivity index (χ1) is 14.2. The van der Waals surface area contributed by atoms with Crippen molar-refractivity contribution in [2.45, 2.75) is 45.2 Å². The molecule has 1 aliphatic rings. The van der Waals surface area contributed by atoms with Gasteiger partial charge in [0.25, 0.3) is 5.91 Å². The Morgan fingerprint density at radius 3 is 2.83 bits per heavy atom. The molecule has 1 aromatic heterocycles. The van der Waals surface area contributed by atoms with Crippen molar-refractivity contribution in [2.75, 3.05) is 19.6 Å². The number of carbonyl (C=O) groups is 1. The summed E-state index contributed by atoms with van der Waals surface area (Å²) in [6.07, 6.45) is 7.10. The summed E-state index contributed by atoms with van der Waals surface area (Å²) in [6, 6.07) is 14.8. The molecule has 2 atom stereocenters. The Labute approximate surface area is 172 Å². The smallest absolute Gasteiger partial charge is 0.254 e. The zero-order valence-electron chi connectivity index (χ0n) is 17.3. The first-order valence-corrected chi connectivity index (χ1v) is 10.7. The summed E-state index contributed by atoms with van der Waals surface area (Å²) in [4.78, 5) is 25.5. The fourth-order valence-corrected chi connectivity index (χ4v) is 4.52. The molecule has 1 aliphatic heterocycles. The number of piperazine rings is 1. The van der Waals surface area contributed by atoms with E-state index >= 15 is 0 Å². The van der Waals surface area contributed by atoms with Crippen molar-refractivity contribution in [3.63, 3.8) is 0 Å². The molecule has 3 aromatic rings. The van der Waals surface area contributed by atoms with Crippen molar-refractivity contribution in [1.29, 1.82) is 0 Å². The summed E-state index contributed by atoms with van der Waals surface area (Å²) in [5.41, 5.74) is 1.95. The molecule has 1 N–H and O–H groups in total. The summed E-state index contributed by atoms with van der Waals surface area (Å²) in [6.45, 7) is 6.87.